The maximum Gasteiger partial charge on any atom is 0.351 e. The normalized spacial score (nSPS) is 15.1. The number of sulfonamides is 1. The Bertz CT molecular complexity index is 1100. The highest BCUT2D eigenvalue weighted by atomic mass is 32.2. The molecule has 0 fully saturated rings. The highest BCUT2D eigenvalue weighted by Gasteiger charge is 2.35. The number of carbonyl (C=O) groups excluding carboxylic acids is 2. The van der Waals surface area contributed by atoms with Crippen molar-refractivity contribution >= 4 is 44.6 Å². The molecule has 0 aliphatic carbocycles. The van der Waals surface area contributed by atoms with Crippen LogP contribution in [0.4, 0.5) is 5.69 Å². The van der Waals surface area contributed by atoms with Gasteiger partial charge in [-0.15, -0.1) is 0 Å². The Labute approximate surface area is 163 Å². The molecular weight excluding hydrogens is 384 g/mol. The van der Waals surface area contributed by atoms with Crippen LogP contribution < -0.4 is 4.31 Å². The fourth-order valence-corrected chi connectivity index (χ4v) is 4.57. The van der Waals surface area contributed by atoms with Crippen molar-refractivity contribution in [2.45, 2.75) is 26.3 Å². The maximum atomic E-state index is 13.0. The molecule has 8 nitrogen and oxygen atoms in total. The minimum Gasteiger partial charge on any atom is -0.465 e. The quantitative estimate of drug-likeness (QED) is 0.708. The van der Waals surface area contributed by atoms with Gasteiger partial charge < -0.3 is 14.0 Å². The van der Waals surface area contributed by atoms with E-state index in [1.54, 1.807) is 12.3 Å². The second-order valence-corrected chi connectivity index (χ2v) is 8.42. The predicted molar refractivity (Wildman–Crippen MR) is 106 cm³/mol. The van der Waals surface area contributed by atoms with Gasteiger partial charge in [-0.2, -0.15) is 0 Å². The number of ether oxygens (including phenoxy) is 2. The summed E-state index contributed by atoms with van der Waals surface area (Å²) < 4.78 is 38.4. The van der Waals surface area contributed by atoms with E-state index in [0.717, 1.165) is 24.3 Å². The Balaban J connectivity index is 2.39. The monoisotopic (exact) mass is 406 g/mol. The molecule has 0 spiro atoms. The molecule has 1 aliphatic rings. The van der Waals surface area contributed by atoms with Crippen LogP contribution in [0.1, 0.15) is 35.7 Å². The first-order valence-electron chi connectivity index (χ1n) is 8.80. The molecule has 2 heterocycles. The van der Waals surface area contributed by atoms with Gasteiger partial charge in [0.15, 0.2) is 4.91 Å². The Morgan fingerprint density at radius 2 is 1.79 bits per heavy atom. The van der Waals surface area contributed by atoms with Gasteiger partial charge in [0.2, 0.25) is 0 Å². The number of nitrogens with zero attached hydrogens (tertiary/aromatic N) is 2. The number of aryl methyl sites for hydroxylation is 1. The predicted octanol–water partition coefficient (Wildman–Crippen LogP) is 2.52. The van der Waals surface area contributed by atoms with Gasteiger partial charge in [0, 0.05) is 30.7 Å². The molecule has 0 saturated carbocycles. The van der Waals surface area contributed by atoms with E-state index in [-0.39, 0.29) is 5.56 Å². The summed E-state index contributed by atoms with van der Waals surface area (Å²) in [5, 5.41) is 0.647. The van der Waals surface area contributed by atoms with E-state index < -0.39 is 26.9 Å². The molecule has 3 rings (SSSR count). The first-order chi connectivity index (χ1) is 13.3. The number of benzene rings is 1. The molecule has 0 atom stereocenters. The van der Waals surface area contributed by atoms with Crippen molar-refractivity contribution in [2.24, 2.45) is 0 Å². The number of carbonyl (C=O) groups is 2. The Morgan fingerprint density at radius 3 is 2.39 bits per heavy atom. The Morgan fingerprint density at radius 1 is 1.11 bits per heavy atom. The molecular formula is C19H22N2O6S. The lowest BCUT2D eigenvalue weighted by Gasteiger charge is -2.20. The molecule has 0 N–H and O–H groups in total. The fourth-order valence-electron chi connectivity index (χ4n) is 3.30. The van der Waals surface area contributed by atoms with Crippen molar-refractivity contribution in [3.63, 3.8) is 0 Å². The van der Waals surface area contributed by atoms with E-state index in [1.165, 1.54) is 26.3 Å². The summed E-state index contributed by atoms with van der Waals surface area (Å²) >= 11 is 0. The minimum atomic E-state index is -4.15. The summed E-state index contributed by atoms with van der Waals surface area (Å²) in [5.41, 5.74) is 1.81. The van der Waals surface area contributed by atoms with E-state index in [4.69, 9.17) is 4.74 Å². The summed E-state index contributed by atoms with van der Waals surface area (Å²) in [6, 6.07) is 3.15. The fraction of sp³-hybridized carbons (Fsp3) is 0.368. The van der Waals surface area contributed by atoms with Crippen LogP contribution in [0, 0.1) is 0 Å². The summed E-state index contributed by atoms with van der Waals surface area (Å²) in [6.07, 6.45) is 5.00. The van der Waals surface area contributed by atoms with Crippen molar-refractivity contribution in [3.05, 3.63) is 34.4 Å². The van der Waals surface area contributed by atoms with Crippen molar-refractivity contribution in [1.29, 1.82) is 0 Å². The molecule has 150 valence electrons. The standard InChI is InChI=1S/C19H22N2O6S/c1-5-6-7-21-11-13-10-16(19(23)27-4)28(24,25)20(2)14-8-12(18(22)26-3)9-15(21)17(13)14/h8-11H,5-7H2,1-4H3. The number of anilines is 1. The van der Waals surface area contributed by atoms with Gasteiger partial charge in [0.05, 0.1) is 31.0 Å². The van der Waals surface area contributed by atoms with Crippen molar-refractivity contribution in [1.82, 2.24) is 4.57 Å². The van der Waals surface area contributed by atoms with Crippen LogP contribution in [0.3, 0.4) is 0 Å². The average molecular weight is 406 g/mol. The van der Waals surface area contributed by atoms with Gasteiger partial charge in [-0.25, -0.2) is 18.0 Å². The van der Waals surface area contributed by atoms with Gasteiger partial charge in [-0.3, -0.25) is 4.31 Å². The zero-order valence-electron chi connectivity index (χ0n) is 16.2. The van der Waals surface area contributed by atoms with Crippen LogP contribution in [0.5, 0.6) is 0 Å². The maximum absolute atomic E-state index is 13.0. The Hall–Kier alpha value is -2.81. The molecule has 0 saturated heterocycles. The van der Waals surface area contributed by atoms with Crippen molar-refractivity contribution in [3.8, 4) is 0 Å². The van der Waals surface area contributed by atoms with Gasteiger partial charge in [0.1, 0.15) is 0 Å². The van der Waals surface area contributed by atoms with Gasteiger partial charge in [-0.1, -0.05) is 13.3 Å². The van der Waals surface area contributed by atoms with Crippen LogP contribution in [0.15, 0.2) is 23.2 Å². The number of hydrogen-bond acceptors (Lipinski definition) is 6. The van der Waals surface area contributed by atoms with E-state index in [1.807, 2.05) is 4.57 Å². The molecule has 1 aliphatic heterocycles. The summed E-state index contributed by atoms with van der Waals surface area (Å²) in [6.45, 7) is 2.76. The van der Waals surface area contributed by atoms with Gasteiger partial charge >= 0.3 is 11.9 Å². The van der Waals surface area contributed by atoms with Crippen LogP contribution >= 0.6 is 0 Å². The molecule has 2 aromatic rings. The Kier molecular flexibility index (Phi) is 5.20. The SMILES string of the molecule is CCCCn1cc2c3c(cc(C(=O)OC)cc31)N(C)S(=O)(=O)C(C(=O)OC)=C2. The average Bonchev–Trinajstić information content (AvgIpc) is 3.01. The molecule has 0 bridgehead atoms. The highest BCUT2D eigenvalue weighted by Crippen LogP contribution is 2.39. The smallest absolute Gasteiger partial charge is 0.351 e. The molecule has 0 amide bonds. The van der Waals surface area contributed by atoms with E-state index in [2.05, 4.69) is 11.7 Å². The number of methoxy groups -OCH3 is 2. The number of aromatic nitrogens is 1. The number of hydrogen-bond donors (Lipinski definition) is 0. The van der Waals surface area contributed by atoms with Crippen LogP contribution in [-0.2, 0) is 30.8 Å². The first-order valence-corrected chi connectivity index (χ1v) is 10.2. The third-order valence-corrected chi connectivity index (χ3v) is 6.57. The third kappa shape index (κ3) is 3.05. The third-order valence-electron chi connectivity index (χ3n) is 4.81. The zero-order chi connectivity index (χ0) is 20.6. The zero-order valence-corrected chi connectivity index (χ0v) is 17.0. The summed E-state index contributed by atoms with van der Waals surface area (Å²) in [7, 11) is -0.407. The second kappa shape index (κ2) is 7.31. The lowest BCUT2D eigenvalue weighted by atomic mass is 10.1. The number of esters is 2. The summed E-state index contributed by atoms with van der Waals surface area (Å²) in [5.74, 6) is -1.51. The topological polar surface area (TPSA) is 94.9 Å². The van der Waals surface area contributed by atoms with Crippen molar-refractivity contribution < 1.29 is 27.5 Å². The molecule has 0 unspecified atom stereocenters. The molecule has 1 aromatic heterocycles. The minimum absolute atomic E-state index is 0.232. The number of rotatable bonds is 5. The van der Waals surface area contributed by atoms with Crippen LogP contribution in [-0.4, -0.2) is 46.2 Å². The van der Waals surface area contributed by atoms with E-state index in [9.17, 15) is 18.0 Å². The van der Waals surface area contributed by atoms with Crippen LogP contribution in [0.2, 0.25) is 0 Å². The first kappa shape index (κ1) is 19.9. The van der Waals surface area contributed by atoms with E-state index in [0.29, 0.717) is 28.7 Å². The van der Waals surface area contributed by atoms with Crippen LogP contribution in [0.25, 0.3) is 17.0 Å². The molecule has 1 aromatic carbocycles. The summed E-state index contributed by atoms with van der Waals surface area (Å²) in [4.78, 5) is 23.9. The van der Waals surface area contributed by atoms with Gasteiger partial charge in [0.25, 0.3) is 10.0 Å². The number of unbranched alkanes of at least 4 members (excludes halogenated alkanes) is 1. The largest absolute Gasteiger partial charge is 0.465 e. The highest BCUT2D eigenvalue weighted by molar-refractivity contribution is 7.97. The molecule has 9 heteroatoms. The van der Waals surface area contributed by atoms with Gasteiger partial charge in [-0.05, 0) is 24.6 Å². The lowest BCUT2D eigenvalue weighted by molar-refractivity contribution is -0.135. The molecule has 0 radical (unpaired) electrons. The second-order valence-electron chi connectivity index (χ2n) is 6.49. The van der Waals surface area contributed by atoms with E-state index >= 15 is 0 Å². The molecule has 28 heavy (non-hydrogen) atoms. The van der Waals surface area contributed by atoms with Crippen molar-refractivity contribution in [2.75, 3.05) is 25.6 Å². The lowest BCUT2D eigenvalue weighted by Crippen LogP contribution is -2.30.